The summed E-state index contributed by atoms with van der Waals surface area (Å²) in [4.78, 5) is 25.0. The number of alkyl halides is 3. The number of halogens is 3. The highest BCUT2D eigenvalue weighted by atomic mass is 19.4. The number of hydrogen-bond donors (Lipinski definition) is 0. The largest absolute Gasteiger partial charge is 0.497 e. The lowest BCUT2D eigenvalue weighted by Crippen LogP contribution is -2.50. The van der Waals surface area contributed by atoms with Gasteiger partial charge in [-0.05, 0) is 35.4 Å². The molecule has 3 rings (SSSR count). The van der Waals surface area contributed by atoms with Gasteiger partial charge >= 0.3 is 12.1 Å². The van der Waals surface area contributed by atoms with Crippen molar-refractivity contribution in [2.75, 3.05) is 12.0 Å². The zero-order valence-corrected chi connectivity index (χ0v) is 18.5. The maximum absolute atomic E-state index is 13.8. The van der Waals surface area contributed by atoms with Crippen molar-refractivity contribution in [3.8, 4) is 5.75 Å². The summed E-state index contributed by atoms with van der Waals surface area (Å²) < 4.78 is 46.5. The third-order valence-corrected chi connectivity index (χ3v) is 5.64. The molecule has 0 N–H and O–H groups in total. The minimum Gasteiger partial charge on any atom is -0.497 e. The van der Waals surface area contributed by atoms with Gasteiger partial charge in [0.1, 0.15) is 11.8 Å². The van der Waals surface area contributed by atoms with E-state index in [1.807, 2.05) is 0 Å². The highest BCUT2D eigenvalue weighted by Crippen LogP contribution is 2.40. The average Bonchev–Trinajstić information content (AvgIpc) is 2.84. The van der Waals surface area contributed by atoms with E-state index in [-0.39, 0.29) is 11.3 Å². The Kier molecular flexibility index (Phi) is 7.55. The Balaban J connectivity index is 2.26. The average molecular weight is 472 g/mol. The summed E-state index contributed by atoms with van der Waals surface area (Å²) in [6, 6.07) is 18.5. The van der Waals surface area contributed by atoms with E-state index in [1.165, 1.54) is 43.5 Å². The Bertz CT molecular complexity index is 1110. The minimum atomic E-state index is -5.26. The molecule has 3 aromatic carbocycles. The maximum atomic E-state index is 13.8. The Morgan fingerprint density at radius 3 is 1.85 bits per heavy atom. The molecule has 0 aliphatic rings. The molecule has 0 aliphatic carbocycles. The Hall–Kier alpha value is -3.88. The molecule has 178 valence electrons. The number of carbonyl (C=O) groups is 1. The quantitative estimate of drug-likeness (QED) is 0.308. The molecular formula is C25H23F3N2O4. The fourth-order valence-electron chi connectivity index (χ4n) is 3.96. The summed E-state index contributed by atoms with van der Waals surface area (Å²) in [5.74, 6) is -2.65. The number of carbonyl (C=O) groups excluding carboxylic acids is 1. The molecule has 3 aromatic rings. The first-order valence-corrected chi connectivity index (χ1v) is 10.4. The van der Waals surface area contributed by atoms with Crippen LogP contribution >= 0.6 is 0 Å². The zero-order chi connectivity index (χ0) is 24.9. The van der Waals surface area contributed by atoms with Crippen molar-refractivity contribution in [3.63, 3.8) is 0 Å². The number of anilines is 1. The normalized spacial score (nSPS) is 14.0. The maximum Gasteiger partial charge on any atom is 0.471 e. The van der Waals surface area contributed by atoms with Crippen molar-refractivity contribution in [1.82, 2.24) is 0 Å². The van der Waals surface area contributed by atoms with E-state index < -0.39 is 35.0 Å². The van der Waals surface area contributed by atoms with Crippen molar-refractivity contribution >= 4 is 11.6 Å². The molecule has 3 atom stereocenters. The molecule has 6 nitrogen and oxygen atoms in total. The highest BCUT2D eigenvalue weighted by Gasteiger charge is 2.51. The van der Waals surface area contributed by atoms with Crippen LogP contribution < -0.4 is 9.64 Å². The third kappa shape index (κ3) is 5.36. The molecule has 0 fully saturated rings. The van der Waals surface area contributed by atoms with Crippen LogP contribution in [-0.4, -0.2) is 30.2 Å². The first-order valence-electron chi connectivity index (χ1n) is 10.4. The molecule has 0 heterocycles. The number of methoxy groups -OCH3 is 1. The molecule has 0 saturated carbocycles. The van der Waals surface area contributed by atoms with Crippen molar-refractivity contribution < 1.29 is 27.6 Å². The Labute approximate surface area is 194 Å². The molecule has 0 aliphatic heterocycles. The van der Waals surface area contributed by atoms with Crippen LogP contribution in [0.1, 0.15) is 30.0 Å². The summed E-state index contributed by atoms with van der Waals surface area (Å²) >= 11 is 0. The summed E-state index contributed by atoms with van der Waals surface area (Å²) in [6.07, 6.45) is -5.26. The van der Waals surface area contributed by atoms with Gasteiger partial charge in [0, 0.05) is 10.6 Å². The van der Waals surface area contributed by atoms with Gasteiger partial charge in [-0.15, -0.1) is 0 Å². The second-order valence-electron chi connectivity index (χ2n) is 7.70. The number of hydrogen-bond acceptors (Lipinski definition) is 4. The lowest BCUT2D eigenvalue weighted by molar-refractivity contribution is -0.530. The van der Waals surface area contributed by atoms with E-state index in [0.29, 0.717) is 16.2 Å². The van der Waals surface area contributed by atoms with Crippen molar-refractivity contribution in [2.45, 2.75) is 31.1 Å². The molecule has 1 amide bonds. The summed E-state index contributed by atoms with van der Waals surface area (Å²) in [5, 5.41) is 12.4. The van der Waals surface area contributed by atoms with Crippen molar-refractivity contribution in [3.05, 3.63) is 106 Å². The van der Waals surface area contributed by atoms with Crippen LogP contribution in [0, 0.1) is 10.1 Å². The highest BCUT2D eigenvalue weighted by molar-refractivity contribution is 5.98. The molecule has 34 heavy (non-hydrogen) atoms. The second kappa shape index (κ2) is 10.4. The van der Waals surface area contributed by atoms with Crippen LogP contribution in [0.5, 0.6) is 5.75 Å². The second-order valence-corrected chi connectivity index (χ2v) is 7.70. The van der Waals surface area contributed by atoms with E-state index in [0.717, 1.165) is 0 Å². The first kappa shape index (κ1) is 24.8. The molecule has 0 radical (unpaired) electrons. The molecule has 0 saturated heterocycles. The van der Waals surface area contributed by atoms with Gasteiger partial charge in [0.25, 0.3) is 0 Å². The lowest BCUT2D eigenvalue weighted by atomic mass is 9.84. The van der Waals surface area contributed by atoms with E-state index in [2.05, 4.69) is 0 Å². The number of ether oxygens (including phenoxy) is 1. The lowest BCUT2D eigenvalue weighted by Gasteiger charge is -2.36. The van der Waals surface area contributed by atoms with Crippen LogP contribution in [0.15, 0.2) is 84.9 Å². The SMILES string of the molecule is COc1ccc(N(C(=O)C(F)(F)F)[C@@H](c2ccccc2)[C@@H]([C@@H](C)c2ccccc2)[N+](=O)[O-])cc1. The molecular weight excluding hydrogens is 449 g/mol. The number of amides is 1. The first-order chi connectivity index (χ1) is 16.1. The number of rotatable bonds is 8. The van der Waals surface area contributed by atoms with Gasteiger partial charge in [0.05, 0.1) is 13.0 Å². The van der Waals surface area contributed by atoms with Crippen LogP contribution in [0.2, 0.25) is 0 Å². The smallest absolute Gasteiger partial charge is 0.471 e. The van der Waals surface area contributed by atoms with E-state index in [9.17, 15) is 28.1 Å². The summed E-state index contributed by atoms with van der Waals surface area (Å²) in [5.41, 5.74) is 0.642. The molecule has 0 aromatic heterocycles. The summed E-state index contributed by atoms with van der Waals surface area (Å²) in [7, 11) is 1.39. The van der Waals surface area contributed by atoms with Crippen molar-refractivity contribution in [1.29, 1.82) is 0 Å². The van der Waals surface area contributed by atoms with Gasteiger partial charge in [-0.3, -0.25) is 19.8 Å². The predicted octanol–water partition coefficient (Wildman–Crippen LogP) is 5.78. The van der Waals surface area contributed by atoms with Gasteiger partial charge in [-0.1, -0.05) is 67.6 Å². The number of nitrogens with zero attached hydrogens (tertiary/aromatic N) is 2. The Morgan fingerprint density at radius 1 is 0.912 bits per heavy atom. The van der Waals surface area contributed by atoms with Gasteiger partial charge in [-0.2, -0.15) is 13.2 Å². The van der Waals surface area contributed by atoms with E-state index >= 15 is 0 Å². The fraction of sp³-hybridized carbons (Fsp3) is 0.240. The predicted molar refractivity (Wildman–Crippen MR) is 121 cm³/mol. The molecule has 0 bridgehead atoms. The van der Waals surface area contributed by atoms with Gasteiger partial charge in [-0.25, -0.2) is 0 Å². The summed E-state index contributed by atoms with van der Waals surface area (Å²) in [6.45, 7) is 1.57. The number of nitro groups is 1. The fourth-order valence-corrected chi connectivity index (χ4v) is 3.96. The van der Waals surface area contributed by atoms with E-state index in [1.54, 1.807) is 55.5 Å². The molecule has 0 unspecified atom stereocenters. The van der Waals surface area contributed by atoms with Crippen molar-refractivity contribution in [2.24, 2.45) is 0 Å². The zero-order valence-electron chi connectivity index (χ0n) is 18.5. The van der Waals surface area contributed by atoms with Gasteiger partial charge in [0.2, 0.25) is 6.04 Å². The van der Waals surface area contributed by atoms with Gasteiger partial charge < -0.3 is 4.74 Å². The molecule has 0 spiro atoms. The van der Waals surface area contributed by atoms with Crippen LogP contribution in [0.3, 0.4) is 0 Å². The Morgan fingerprint density at radius 2 is 1.41 bits per heavy atom. The minimum absolute atomic E-state index is 0.135. The third-order valence-electron chi connectivity index (χ3n) is 5.64. The van der Waals surface area contributed by atoms with Crippen LogP contribution in [-0.2, 0) is 4.79 Å². The standard InChI is InChI=1S/C25H23F3N2O4/c1-17(18-9-5-3-6-10-18)22(30(32)33)23(19-11-7-4-8-12-19)29(24(31)25(26,27)28)20-13-15-21(34-2)16-14-20/h3-17,22-23H,1-2H3/t17-,22+,23-/m0/s1. The van der Waals surface area contributed by atoms with Gasteiger partial charge in [0.15, 0.2) is 0 Å². The van der Waals surface area contributed by atoms with Crippen LogP contribution in [0.4, 0.5) is 18.9 Å². The topological polar surface area (TPSA) is 72.7 Å². The van der Waals surface area contributed by atoms with Crippen LogP contribution in [0.25, 0.3) is 0 Å². The number of benzene rings is 3. The molecule has 9 heteroatoms. The van der Waals surface area contributed by atoms with E-state index in [4.69, 9.17) is 4.74 Å². The monoisotopic (exact) mass is 472 g/mol.